The Hall–Kier alpha value is -0.100. The number of halogens is 1. The maximum absolute atomic E-state index is 12.0. The Morgan fingerprint density at radius 2 is 2.13 bits per heavy atom. The average Bonchev–Trinajstić information content (AvgIpc) is 2.63. The van der Waals surface area contributed by atoms with E-state index in [0.29, 0.717) is 10.1 Å². The van der Waals surface area contributed by atoms with Crippen LogP contribution < -0.4 is 0 Å². The molecule has 1 heterocycles. The highest BCUT2D eigenvalue weighted by molar-refractivity contribution is 7.91. The summed E-state index contributed by atoms with van der Waals surface area (Å²) in [4.78, 5) is 0.987. The van der Waals surface area contributed by atoms with Gasteiger partial charge in [0.2, 0.25) is 0 Å². The van der Waals surface area contributed by atoms with Crippen molar-refractivity contribution in [2.24, 2.45) is 0 Å². The Labute approximate surface area is 99.7 Å². The number of sulfonamides is 1. The van der Waals surface area contributed by atoms with Crippen molar-refractivity contribution in [2.75, 3.05) is 12.9 Å². The molecule has 0 aliphatic heterocycles. The van der Waals surface area contributed by atoms with Gasteiger partial charge in [-0.1, -0.05) is 0 Å². The van der Waals surface area contributed by atoms with E-state index in [1.165, 1.54) is 15.6 Å². The zero-order valence-electron chi connectivity index (χ0n) is 8.90. The lowest BCUT2D eigenvalue weighted by molar-refractivity contribution is 0.415. The molecule has 0 aliphatic rings. The van der Waals surface area contributed by atoms with Gasteiger partial charge >= 0.3 is 0 Å². The van der Waals surface area contributed by atoms with Gasteiger partial charge in [0.1, 0.15) is 4.21 Å². The summed E-state index contributed by atoms with van der Waals surface area (Å²) in [6.07, 6.45) is 0. The minimum Gasteiger partial charge on any atom is -0.206 e. The smallest absolute Gasteiger partial charge is 0.206 e. The molecule has 0 aliphatic carbocycles. The monoisotopic (exact) mass is 267 g/mol. The van der Waals surface area contributed by atoms with E-state index in [9.17, 15) is 8.42 Å². The van der Waals surface area contributed by atoms with E-state index in [-0.39, 0.29) is 6.04 Å². The number of nitrogens with zero attached hydrogens (tertiary/aromatic N) is 1. The van der Waals surface area contributed by atoms with Gasteiger partial charge in [0.05, 0.1) is 0 Å². The minimum atomic E-state index is -3.36. The molecular formula is C9H14ClNO2S2. The van der Waals surface area contributed by atoms with Gasteiger partial charge < -0.3 is 0 Å². The van der Waals surface area contributed by atoms with Crippen LogP contribution in [-0.2, 0) is 10.0 Å². The molecule has 1 atom stereocenters. The fourth-order valence-electron chi connectivity index (χ4n) is 1.03. The maximum atomic E-state index is 12.0. The van der Waals surface area contributed by atoms with E-state index in [4.69, 9.17) is 11.6 Å². The molecule has 86 valence electrons. The molecule has 6 heteroatoms. The number of thiophene rings is 1. The SMILES string of the molecule is Cc1ccc(S(=O)(=O)N(C)C(C)CCl)s1. The van der Waals surface area contributed by atoms with E-state index in [2.05, 4.69) is 0 Å². The highest BCUT2D eigenvalue weighted by Gasteiger charge is 2.25. The molecule has 1 unspecified atom stereocenters. The average molecular weight is 268 g/mol. The molecule has 3 nitrogen and oxygen atoms in total. The van der Waals surface area contributed by atoms with Crippen LogP contribution in [0.25, 0.3) is 0 Å². The lowest BCUT2D eigenvalue weighted by Gasteiger charge is -2.21. The molecule has 15 heavy (non-hydrogen) atoms. The first-order valence-electron chi connectivity index (χ1n) is 4.50. The first kappa shape index (κ1) is 13.0. The summed E-state index contributed by atoms with van der Waals surface area (Å²) in [5, 5.41) is 0. The van der Waals surface area contributed by atoms with Crippen molar-refractivity contribution in [3.8, 4) is 0 Å². The predicted octanol–water partition coefficient (Wildman–Crippen LogP) is 2.30. The Balaban J connectivity index is 3.03. The number of aryl methyl sites for hydroxylation is 1. The number of hydrogen-bond donors (Lipinski definition) is 0. The number of hydrogen-bond acceptors (Lipinski definition) is 3. The standard InChI is InChI=1S/C9H14ClNO2S2/c1-7(6-10)11(3)15(12,13)9-5-4-8(2)14-9/h4-5,7H,6H2,1-3H3. The van der Waals surface area contributed by atoms with E-state index in [1.807, 2.05) is 6.92 Å². The highest BCUT2D eigenvalue weighted by atomic mass is 35.5. The topological polar surface area (TPSA) is 37.4 Å². The van der Waals surface area contributed by atoms with Crippen molar-refractivity contribution in [1.82, 2.24) is 4.31 Å². The van der Waals surface area contributed by atoms with E-state index in [1.54, 1.807) is 26.1 Å². The van der Waals surface area contributed by atoms with Crippen LogP contribution in [-0.4, -0.2) is 31.7 Å². The highest BCUT2D eigenvalue weighted by Crippen LogP contribution is 2.24. The number of alkyl halides is 1. The Kier molecular flexibility index (Phi) is 4.17. The molecule has 0 saturated carbocycles. The minimum absolute atomic E-state index is 0.195. The van der Waals surface area contributed by atoms with Crippen LogP contribution in [0.5, 0.6) is 0 Å². The molecule has 0 saturated heterocycles. The molecule has 1 aromatic rings. The summed E-state index contributed by atoms with van der Waals surface area (Å²) >= 11 is 6.92. The molecule has 0 aromatic carbocycles. The van der Waals surface area contributed by atoms with Crippen LogP contribution in [0.4, 0.5) is 0 Å². The van der Waals surface area contributed by atoms with Crippen molar-refractivity contribution in [3.63, 3.8) is 0 Å². The van der Waals surface area contributed by atoms with E-state index in [0.717, 1.165) is 4.88 Å². The third kappa shape index (κ3) is 2.72. The quantitative estimate of drug-likeness (QED) is 0.785. The lowest BCUT2D eigenvalue weighted by Crippen LogP contribution is -2.35. The van der Waals surface area contributed by atoms with Gasteiger partial charge in [-0.2, -0.15) is 4.31 Å². The third-order valence-electron chi connectivity index (χ3n) is 2.19. The molecule has 1 aromatic heterocycles. The maximum Gasteiger partial charge on any atom is 0.252 e. The molecule has 0 radical (unpaired) electrons. The van der Waals surface area contributed by atoms with Crippen molar-refractivity contribution >= 4 is 33.0 Å². The first-order chi connectivity index (χ1) is 6.89. The van der Waals surface area contributed by atoms with E-state index >= 15 is 0 Å². The fraction of sp³-hybridized carbons (Fsp3) is 0.556. The van der Waals surface area contributed by atoms with Crippen molar-refractivity contribution in [1.29, 1.82) is 0 Å². The fourth-order valence-corrected chi connectivity index (χ4v) is 4.15. The van der Waals surface area contributed by atoms with Crippen LogP contribution >= 0.6 is 22.9 Å². The summed E-state index contributed by atoms with van der Waals surface area (Å²) in [5.41, 5.74) is 0. The van der Waals surface area contributed by atoms with Crippen molar-refractivity contribution in [3.05, 3.63) is 17.0 Å². The van der Waals surface area contributed by atoms with Gasteiger partial charge in [-0.05, 0) is 26.0 Å². The van der Waals surface area contributed by atoms with Crippen LogP contribution in [0.3, 0.4) is 0 Å². The molecular weight excluding hydrogens is 254 g/mol. The first-order valence-corrected chi connectivity index (χ1v) is 7.29. The van der Waals surface area contributed by atoms with Crippen LogP contribution in [0.2, 0.25) is 0 Å². The van der Waals surface area contributed by atoms with Crippen molar-refractivity contribution < 1.29 is 8.42 Å². The Morgan fingerprint density at radius 1 is 1.53 bits per heavy atom. The van der Waals surface area contributed by atoms with Crippen molar-refractivity contribution in [2.45, 2.75) is 24.1 Å². The van der Waals surface area contributed by atoms with Crippen LogP contribution in [0.15, 0.2) is 16.3 Å². The second-order valence-electron chi connectivity index (χ2n) is 3.39. The molecule has 0 bridgehead atoms. The predicted molar refractivity (Wildman–Crippen MR) is 64.2 cm³/mol. The third-order valence-corrected chi connectivity index (χ3v) is 6.08. The van der Waals surface area contributed by atoms with Gasteiger partial charge in [-0.15, -0.1) is 22.9 Å². The molecule has 0 spiro atoms. The van der Waals surface area contributed by atoms with E-state index < -0.39 is 10.0 Å². The molecule has 0 N–H and O–H groups in total. The van der Waals surface area contributed by atoms with Gasteiger partial charge in [-0.25, -0.2) is 8.42 Å². The summed E-state index contributed by atoms with van der Waals surface area (Å²) in [6.45, 7) is 3.67. The van der Waals surface area contributed by atoms with Gasteiger partial charge in [-0.3, -0.25) is 0 Å². The van der Waals surface area contributed by atoms with Gasteiger partial charge in [0.25, 0.3) is 10.0 Å². The normalized spacial score (nSPS) is 14.5. The lowest BCUT2D eigenvalue weighted by atomic mass is 10.4. The summed E-state index contributed by atoms with van der Waals surface area (Å²) in [6, 6.07) is 3.24. The zero-order chi connectivity index (χ0) is 11.6. The van der Waals surface area contributed by atoms with Gasteiger partial charge in [0.15, 0.2) is 0 Å². The zero-order valence-corrected chi connectivity index (χ0v) is 11.3. The van der Waals surface area contributed by atoms with Gasteiger partial charge in [0, 0.05) is 23.8 Å². The molecule has 0 amide bonds. The second-order valence-corrected chi connectivity index (χ2v) is 7.21. The Morgan fingerprint density at radius 3 is 2.53 bits per heavy atom. The summed E-state index contributed by atoms with van der Waals surface area (Å²) in [5.74, 6) is 0.292. The Bertz CT molecular complexity index is 427. The molecule has 0 fully saturated rings. The summed E-state index contributed by atoms with van der Waals surface area (Å²) in [7, 11) is -1.81. The van der Waals surface area contributed by atoms with Crippen LogP contribution in [0, 0.1) is 6.92 Å². The molecule has 1 rings (SSSR count). The largest absolute Gasteiger partial charge is 0.252 e. The number of rotatable bonds is 4. The summed E-state index contributed by atoms with van der Waals surface area (Å²) < 4.78 is 25.7. The van der Waals surface area contributed by atoms with Crippen LogP contribution in [0.1, 0.15) is 11.8 Å². The second kappa shape index (κ2) is 4.82.